The van der Waals surface area contributed by atoms with Gasteiger partial charge in [0.25, 0.3) is 17.0 Å². The van der Waals surface area contributed by atoms with E-state index in [1.54, 1.807) is 50.4 Å². The summed E-state index contributed by atoms with van der Waals surface area (Å²) in [5, 5.41) is 0.505. The van der Waals surface area contributed by atoms with Crippen LogP contribution < -0.4 is 15.9 Å². The monoisotopic (exact) mass is 490 g/mol. The van der Waals surface area contributed by atoms with Crippen molar-refractivity contribution < 1.29 is 13.9 Å². The third kappa shape index (κ3) is 3.62. The maximum Gasteiger partial charge on any atom is 0.293 e. The molecule has 4 heterocycles. The number of pyridine rings is 2. The lowest BCUT2D eigenvalue weighted by molar-refractivity contribution is 0.0552. The van der Waals surface area contributed by atoms with E-state index < -0.39 is 11.4 Å². The van der Waals surface area contributed by atoms with Crippen LogP contribution in [-0.2, 0) is 20.6 Å². The summed E-state index contributed by atoms with van der Waals surface area (Å²) in [4.78, 5) is 44.8. The molecule has 1 N–H and O–H groups in total. The molecule has 0 radical (unpaired) electrons. The minimum absolute atomic E-state index is 0.0268. The number of nitrogens with one attached hydrogen (secondary N) is 1. The molecule has 0 aliphatic carbocycles. The normalized spacial score (nSPS) is 13.8. The Labute approximate surface area is 206 Å². The van der Waals surface area contributed by atoms with Crippen LogP contribution in [0.3, 0.4) is 0 Å². The highest BCUT2D eigenvalue weighted by Gasteiger charge is 2.32. The maximum absolute atomic E-state index is 14.6. The van der Waals surface area contributed by atoms with Crippen LogP contribution in [0.4, 0.5) is 4.39 Å². The number of hydrogen-bond acceptors (Lipinski definition) is 4. The number of carbonyl (C=O) groups excluding carboxylic acids is 1. The Bertz CT molecular complexity index is 1690. The van der Waals surface area contributed by atoms with E-state index in [4.69, 9.17) is 4.74 Å². The highest BCUT2D eigenvalue weighted by molar-refractivity contribution is 6.03. The number of aryl methyl sites for hydroxylation is 3. The Balaban J connectivity index is 1.95. The number of aromatic nitrogens is 3. The number of rotatable bonds is 0. The van der Waals surface area contributed by atoms with Gasteiger partial charge in [-0.15, -0.1) is 0 Å². The fraction of sp³-hybridized carbons (Fsp3) is 0.296. The number of amides is 1. The summed E-state index contributed by atoms with van der Waals surface area (Å²) in [5.74, 6) is -0.454. The zero-order chi connectivity index (χ0) is 26.1. The van der Waals surface area contributed by atoms with Gasteiger partial charge in [-0.25, -0.2) is 4.39 Å². The van der Waals surface area contributed by atoms with E-state index in [0.29, 0.717) is 33.4 Å². The SMILES string of the molecule is Cc1cc(F)cc2c1Oc1c(ccn(C)c1=O)-c1cn(C)c(=O)c3[nH]c(cc13)C(=O)N(C(C)(C)C)C2. The number of nitrogens with zero attached hydrogens (tertiary/aromatic N) is 3. The first-order valence-electron chi connectivity index (χ1n) is 11.6. The molecule has 9 heteroatoms. The molecular weight excluding hydrogens is 463 g/mol. The zero-order valence-electron chi connectivity index (χ0n) is 21.0. The van der Waals surface area contributed by atoms with Crippen molar-refractivity contribution in [3.63, 3.8) is 0 Å². The molecule has 3 aromatic heterocycles. The predicted octanol–water partition coefficient (Wildman–Crippen LogP) is 4.23. The highest BCUT2D eigenvalue weighted by atomic mass is 19.1. The third-order valence-corrected chi connectivity index (χ3v) is 6.61. The topological polar surface area (TPSA) is 89.3 Å². The smallest absolute Gasteiger partial charge is 0.293 e. The van der Waals surface area contributed by atoms with E-state index in [1.807, 2.05) is 20.8 Å². The molecule has 1 aromatic carbocycles. The van der Waals surface area contributed by atoms with Crippen LogP contribution in [0.25, 0.3) is 22.0 Å². The van der Waals surface area contributed by atoms with Crippen LogP contribution in [0.5, 0.6) is 11.5 Å². The minimum Gasteiger partial charge on any atom is -0.450 e. The number of aromatic amines is 1. The molecule has 0 fully saturated rings. The molecule has 2 bridgehead atoms. The summed E-state index contributed by atoms with van der Waals surface area (Å²) >= 11 is 0. The number of carbonyl (C=O) groups is 1. The van der Waals surface area contributed by atoms with E-state index in [9.17, 15) is 18.8 Å². The molecule has 0 spiro atoms. The van der Waals surface area contributed by atoms with Crippen LogP contribution in [-0.4, -0.2) is 30.5 Å². The largest absolute Gasteiger partial charge is 0.450 e. The van der Waals surface area contributed by atoms with Gasteiger partial charge in [0.2, 0.25) is 0 Å². The van der Waals surface area contributed by atoms with Crippen LogP contribution in [0.2, 0.25) is 0 Å². The van der Waals surface area contributed by atoms with E-state index in [0.717, 1.165) is 0 Å². The van der Waals surface area contributed by atoms with Crippen molar-refractivity contribution in [2.45, 2.75) is 39.8 Å². The van der Waals surface area contributed by atoms with Gasteiger partial charge in [0.1, 0.15) is 22.8 Å². The summed E-state index contributed by atoms with van der Waals surface area (Å²) in [6.45, 7) is 7.36. The summed E-state index contributed by atoms with van der Waals surface area (Å²) < 4.78 is 23.7. The van der Waals surface area contributed by atoms with E-state index >= 15 is 0 Å². The van der Waals surface area contributed by atoms with Gasteiger partial charge < -0.3 is 23.8 Å². The molecule has 1 aliphatic rings. The molecule has 1 aliphatic heterocycles. The molecule has 0 saturated carbocycles. The van der Waals surface area contributed by atoms with Crippen molar-refractivity contribution in [3.05, 3.63) is 80.0 Å². The number of halogens is 1. The molecule has 0 unspecified atom stereocenters. The van der Waals surface area contributed by atoms with Crippen molar-refractivity contribution in [1.82, 2.24) is 19.0 Å². The number of ether oxygens (including phenoxy) is 1. The first kappa shape index (κ1) is 23.6. The van der Waals surface area contributed by atoms with Crippen molar-refractivity contribution in [3.8, 4) is 22.6 Å². The Morgan fingerprint density at radius 2 is 1.69 bits per heavy atom. The van der Waals surface area contributed by atoms with Crippen molar-refractivity contribution in [2.75, 3.05) is 0 Å². The second-order valence-electron chi connectivity index (χ2n) is 10.3. The van der Waals surface area contributed by atoms with E-state index in [2.05, 4.69) is 4.98 Å². The second kappa shape index (κ2) is 7.94. The molecule has 1 amide bonds. The Morgan fingerprint density at radius 3 is 2.39 bits per heavy atom. The van der Waals surface area contributed by atoms with Crippen LogP contribution >= 0.6 is 0 Å². The summed E-state index contributed by atoms with van der Waals surface area (Å²) in [5.41, 5.74) is 1.05. The minimum atomic E-state index is -0.655. The summed E-state index contributed by atoms with van der Waals surface area (Å²) in [6, 6.07) is 6.02. The molecule has 5 rings (SSSR count). The van der Waals surface area contributed by atoms with Gasteiger partial charge in [0, 0.05) is 54.1 Å². The molecule has 36 heavy (non-hydrogen) atoms. The van der Waals surface area contributed by atoms with Crippen molar-refractivity contribution in [1.29, 1.82) is 0 Å². The Hall–Kier alpha value is -4.14. The molecule has 186 valence electrons. The maximum atomic E-state index is 14.6. The first-order valence-corrected chi connectivity index (χ1v) is 11.6. The first-order chi connectivity index (χ1) is 16.9. The van der Waals surface area contributed by atoms with Gasteiger partial charge in [-0.05, 0) is 57.5 Å². The number of H-pyrrole nitrogens is 1. The molecule has 0 atom stereocenters. The third-order valence-electron chi connectivity index (χ3n) is 6.61. The molecule has 4 aromatic rings. The van der Waals surface area contributed by atoms with Crippen molar-refractivity contribution in [2.24, 2.45) is 14.1 Å². The van der Waals surface area contributed by atoms with Gasteiger partial charge in [-0.3, -0.25) is 14.4 Å². The average Bonchev–Trinajstić information content (AvgIpc) is 3.24. The average molecular weight is 491 g/mol. The number of hydrogen-bond donors (Lipinski definition) is 1. The lowest BCUT2D eigenvalue weighted by Gasteiger charge is -2.36. The Kier molecular flexibility index (Phi) is 5.21. The highest BCUT2D eigenvalue weighted by Crippen LogP contribution is 2.39. The van der Waals surface area contributed by atoms with Gasteiger partial charge in [0.15, 0.2) is 5.75 Å². The van der Waals surface area contributed by atoms with E-state index in [1.165, 1.54) is 21.3 Å². The Morgan fingerprint density at radius 1 is 0.972 bits per heavy atom. The fourth-order valence-electron chi connectivity index (χ4n) is 4.67. The van der Waals surface area contributed by atoms with Crippen LogP contribution in [0, 0.1) is 12.7 Å². The van der Waals surface area contributed by atoms with Crippen molar-refractivity contribution >= 4 is 16.8 Å². The quantitative estimate of drug-likeness (QED) is 0.400. The number of fused-ring (bicyclic) bond motifs is 4. The molecule has 0 saturated heterocycles. The molecule has 8 nitrogen and oxygen atoms in total. The lowest BCUT2D eigenvalue weighted by atomic mass is 10.0. The number of benzene rings is 1. The summed E-state index contributed by atoms with van der Waals surface area (Å²) in [6.07, 6.45) is 3.24. The fourth-order valence-corrected chi connectivity index (χ4v) is 4.67. The van der Waals surface area contributed by atoms with Gasteiger partial charge in [-0.1, -0.05) is 0 Å². The lowest BCUT2D eigenvalue weighted by Crippen LogP contribution is -2.45. The standard InChI is InChI=1S/C27H27FN4O4/c1-14-9-16(28)10-15-12-32(27(2,3)4)24(33)20-11-18-19(13-31(6)25(34)21(18)29-20)17-7-8-30(5)26(35)23(17)36-22(14)15/h7-11,13,29H,12H2,1-6H3. The zero-order valence-corrected chi connectivity index (χ0v) is 21.0. The van der Waals surface area contributed by atoms with E-state index in [-0.39, 0.29) is 40.5 Å². The second-order valence-corrected chi connectivity index (χ2v) is 10.3. The van der Waals surface area contributed by atoms with Crippen LogP contribution in [0.15, 0.2) is 46.2 Å². The predicted molar refractivity (Wildman–Crippen MR) is 135 cm³/mol. The van der Waals surface area contributed by atoms with Gasteiger partial charge in [-0.2, -0.15) is 0 Å². The summed E-state index contributed by atoms with van der Waals surface area (Å²) in [7, 11) is 3.22. The van der Waals surface area contributed by atoms with Crippen LogP contribution in [0.1, 0.15) is 42.4 Å². The van der Waals surface area contributed by atoms with Gasteiger partial charge in [0.05, 0.1) is 6.54 Å². The van der Waals surface area contributed by atoms with Gasteiger partial charge >= 0.3 is 0 Å². The molecular formula is C27H27FN4O4.